The number of methoxy groups -OCH3 is 1. The van der Waals surface area contributed by atoms with Crippen molar-refractivity contribution in [2.45, 2.75) is 6.10 Å². The van der Waals surface area contributed by atoms with Crippen LogP contribution in [-0.4, -0.2) is 36.6 Å². The molecule has 0 bridgehead atoms. The number of aliphatic hydroxyl groups is 2. The standard InChI is InChI=1S/C10H13BrFNO3/c1-16-9-3-6(12)2-8(11)10(9)13-4-7(15)5-14/h2-3,7,13-15H,4-5H2,1H3. The molecule has 6 heteroatoms. The molecule has 1 rings (SSSR count). The minimum absolute atomic E-state index is 0.150. The Balaban J connectivity index is 2.85. The van der Waals surface area contributed by atoms with Gasteiger partial charge in [-0.15, -0.1) is 0 Å². The van der Waals surface area contributed by atoms with E-state index in [4.69, 9.17) is 9.84 Å². The lowest BCUT2D eigenvalue weighted by molar-refractivity contribution is 0.105. The molecule has 0 saturated carbocycles. The van der Waals surface area contributed by atoms with Gasteiger partial charge in [0.15, 0.2) is 0 Å². The lowest BCUT2D eigenvalue weighted by Crippen LogP contribution is -2.23. The molecule has 0 aliphatic heterocycles. The largest absolute Gasteiger partial charge is 0.494 e. The number of rotatable bonds is 5. The molecule has 0 radical (unpaired) electrons. The van der Waals surface area contributed by atoms with Gasteiger partial charge in [-0.1, -0.05) is 0 Å². The maximum absolute atomic E-state index is 13.0. The highest BCUT2D eigenvalue weighted by Crippen LogP contribution is 2.33. The van der Waals surface area contributed by atoms with Crippen LogP contribution in [0.15, 0.2) is 16.6 Å². The van der Waals surface area contributed by atoms with E-state index in [-0.39, 0.29) is 13.2 Å². The van der Waals surface area contributed by atoms with Gasteiger partial charge in [-0.25, -0.2) is 4.39 Å². The highest BCUT2D eigenvalue weighted by molar-refractivity contribution is 9.10. The van der Waals surface area contributed by atoms with Crippen molar-refractivity contribution < 1.29 is 19.3 Å². The molecule has 16 heavy (non-hydrogen) atoms. The van der Waals surface area contributed by atoms with Crippen LogP contribution in [0.5, 0.6) is 5.75 Å². The average molecular weight is 294 g/mol. The highest BCUT2D eigenvalue weighted by Gasteiger charge is 2.11. The number of benzene rings is 1. The van der Waals surface area contributed by atoms with E-state index in [0.717, 1.165) is 0 Å². The van der Waals surface area contributed by atoms with Crippen molar-refractivity contribution in [1.29, 1.82) is 0 Å². The minimum Gasteiger partial charge on any atom is -0.494 e. The lowest BCUT2D eigenvalue weighted by atomic mass is 10.2. The first-order chi connectivity index (χ1) is 7.58. The summed E-state index contributed by atoms with van der Waals surface area (Å²) in [4.78, 5) is 0. The topological polar surface area (TPSA) is 61.7 Å². The molecule has 0 heterocycles. The predicted octanol–water partition coefficient (Wildman–Crippen LogP) is 1.36. The Morgan fingerprint density at radius 2 is 2.25 bits per heavy atom. The smallest absolute Gasteiger partial charge is 0.146 e. The first kappa shape index (κ1) is 13.2. The fourth-order valence-corrected chi connectivity index (χ4v) is 1.72. The number of halogens is 2. The molecule has 1 aromatic rings. The summed E-state index contributed by atoms with van der Waals surface area (Å²) in [7, 11) is 1.43. The summed E-state index contributed by atoms with van der Waals surface area (Å²) < 4.78 is 18.5. The Kier molecular flexibility index (Phi) is 4.98. The van der Waals surface area contributed by atoms with E-state index in [1.165, 1.54) is 19.2 Å². The summed E-state index contributed by atoms with van der Waals surface area (Å²) in [6, 6.07) is 2.52. The van der Waals surface area contributed by atoms with Gasteiger partial charge in [0, 0.05) is 17.1 Å². The van der Waals surface area contributed by atoms with Crippen LogP contribution in [0.1, 0.15) is 0 Å². The van der Waals surface area contributed by atoms with Gasteiger partial charge in [-0.2, -0.15) is 0 Å². The number of ether oxygens (including phenoxy) is 1. The third-order valence-electron chi connectivity index (χ3n) is 1.96. The van der Waals surface area contributed by atoms with Gasteiger partial charge in [0.2, 0.25) is 0 Å². The Hall–Kier alpha value is -0.850. The van der Waals surface area contributed by atoms with Crippen LogP contribution in [0.3, 0.4) is 0 Å². The normalized spacial score (nSPS) is 12.3. The Morgan fingerprint density at radius 3 is 2.81 bits per heavy atom. The molecule has 1 aromatic carbocycles. The van der Waals surface area contributed by atoms with Gasteiger partial charge in [0.1, 0.15) is 11.6 Å². The van der Waals surface area contributed by atoms with Crippen molar-refractivity contribution in [3.05, 3.63) is 22.4 Å². The van der Waals surface area contributed by atoms with Crippen molar-refractivity contribution in [2.24, 2.45) is 0 Å². The van der Waals surface area contributed by atoms with Gasteiger partial charge >= 0.3 is 0 Å². The quantitative estimate of drug-likeness (QED) is 0.767. The van der Waals surface area contributed by atoms with Crippen molar-refractivity contribution in [1.82, 2.24) is 0 Å². The first-order valence-corrected chi connectivity index (χ1v) is 5.43. The van der Waals surface area contributed by atoms with Gasteiger partial charge < -0.3 is 20.3 Å². The van der Waals surface area contributed by atoms with Crippen molar-refractivity contribution in [3.8, 4) is 5.75 Å². The maximum Gasteiger partial charge on any atom is 0.146 e. The molecule has 0 amide bonds. The van der Waals surface area contributed by atoms with Gasteiger partial charge in [0.05, 0.1) is 25.5 Å². The molecule has 4 nitrogen and oxygen atoms in total. The molecule has 3 N–H and O–H groups in total. The van der Waals surface area contributed by atoms with E-state index >= 15 is 0 Å². The molecule has 0 fully saturated rings. The summed E-state index contributed by atoms with van der Waals surface area (Å²) in [6.07, 6.45) is -0.873. The second-order valence-electron chi connectivity index (χ2n) is 3.18. The lowest BCUT2D eigenvalue weighted by Gasteiger charge is -2.15. The van der Waals surface area contributed by atoms with Gasteiger partial charge in [0.25, 0.3) is 0 Å². The highest BCUT2D eigenvalue weighted by atomic mass is 79.9. The molecule has 0 aliphatic rings. The number of aliphatic hydroxyl groups excluding tert-OH is 2. The summed E-state index contributed by atoms with van der Waals surface area (Å²) in [6.45, 7) is -0.189. The molecule has 90 valence electrons. The third-order valence-corrected chi connectivity index (χ3v) is 2.59. The van der Waals surface area contributed by atoms with Crippen molar-refractivity contribution in [3.63, 3.8) is 0 Å². The molecule has 0 aliphatic carbocycles. The second kappa shape index (κ2) is 6.03. The zero-order valence-electron chi connectivity index (χ0n) is 8.70. The number of hydrogen-bond acceptors (Lipinski definition) is 4. The summed E-state index contributed by atoms with van der Waals surface area (Å²) in [5.74, 6) is -0.0889. The van der Waals surface area contributed by atoms with Gasteiger partial charge in [-0.3, -0.25) is 0 Å². The SMILES string of the molecule is COc1cc(F)cc(Br)c1NCC(O)CO. The van der Waals surface area contributed by atoms with E-state index in [2.05, 4.69) is 21.2 Å². The zero-order chi connectivity index (χ0) is 12.1. The fourth-order valence-electron chi connectivity index (χ4n) is 1.17. The van der Waals surface area contributed by atoms with Crippen LogP contribution >= 0.6 is 15.9 Å². The van der Waals surface area contributed by atoms with Crippen LogP contribution in [0.4, 0.5) is 10.1 Å². The molecule has 0 spiro atoms. The van der Waals surface area contributed by atoms with Gasteiger partial charge in [-0.05, 0) is 22.0 Å². The number of nitrogens with one attached hydrogen (secondary N) is 1. The molecular formula is C10H13BrFNO3. The van der Waals surface area contributed by atoms with Crippen LogP contribution in [0.2, 0.25) is 0 Å². The second-order valence-corrected chi connectivity index (χ2v) is 4.04. The van der Waals surface area contributed by atoms with E-state index < -0.39 is 11.9 Å². The number of hydrogen-bond donors (Lipinski definition) is 3. The number of anilines is 1. The van der Waals surface area contributed by atoms with E-state index in [9.17, 15) is 9.50 Å². The molecule has 0 aromatic heterocycles. The Labute approximate surface area is 101 Å². The molecule has 1 unspecified atom stereocenters. The maximum atomic E-state index is 13.0. The molecule has 1 atom stereocenters. The zero-order valence-corrected chi connectivity index (χ0v) is 10.3. The first-order valence-electron chi connectivity index (χ1n) is 4.64. The third kappa shape index (κ3) is 3.33. The fraction of sp³-hybridized carbons (Fsp3) is 0.400. The van der Waals surface area contributed by atoms with Crippen molar-refractivity contribution in [2.75, 3.05) is 25.6 Å². The van der Waals surface area contributed by atoms with Crippen LogP contribution in [0.25, 0.3) is 0 Å². The van der Waals surface area contributed by atoms with Crippen LogP contribution in [-0.2, 0) is 0 Å². The van der Waals surface area contributed by atoms with Crippen molar-refractivity contribution >= 4 is 21.6 Å². The van der Waals surface area contributed by atoms with Crippen LogP contribution in [0, 0.1) is 5.82 Å². The summed E-state index contributed by atoms with van der Waals surface area (Å²) >= 11 is 3.18. The summed E-state index contributed by atoms with van der Waals surface area (Å²) in [5.41, 5.74) is 0.538. The predicted molar refractivity (Wildman–Crippen MR) is 62.2 cm³/mol. The molecular weight excluding hydrogens is 281 g/mol. The monoisotopic (exact) mass is 293 g/mol. The van der Waals surface area contributed by atoms with E-state index in [0.29, 0.717) is 15.9 Å². The van der Waals surface area contributed by atoms with Crippen LogP contribution < -0.4 is 10.1 Å². The van der Waals surface area contributed by atoms with E-state index in [1.54, 1.807) is 0 Å². The summed E-state index contributed by atoms with van der Waals surface area (Å²) in [5, 5.41) is 20.7. The van der Waals surface area contributed by atoms with E-state index in [1.807, 2.05) is 0 Å². The Morgan fingerprint density at radius 1 is 1.56 bits per heavy atom. The average Bonchev–Trinajstić information content (AvgIpc) is 2.26. The minimum atomic E-state index is -0.873. The molecule has 0 saturated heterocycles. The Bertz CT molecular complexity index is 362.